The average Bonchev–Trinajstić information content (AvgIpc) is 2.09. The fraction of sp³-hybridized carbons (Fsp3) is 1.00. The lowest BCUT2D eigenvalue weighted by molar-refractivity contribution is -0.117. The molecule has 4 aliphatic carbocycles. The second kappa shape index (κ2) is 3.98. The van der Waals surface area contributed by atoms with Crippen molar-refractivity contribution < 1.29 is 0 Å². The van der Waals surface area contributed by atoms with Crippen LogP contribution in [0.3, 0.4) is 0 Å². The number of hydrogen-bond donors (Lipinski definition) is 1. The lowest BCUT2D eigenvalue weighted by atomic mass is 9.43. The normalized spacial score (nSPS) is 50.2. The van der Waals surface area contributed by atoms with Crippen LogP contribution in [0.1, 0.15) is 72.6 Å². The van der Waals surface area contributed by atoms with Crippen molar-refractivity contribution in [2.45, 2.75) is 78.2 Å². The molecule has 104 valence electrons. The maximum Gasteiger partial charge on any atom is 0.0194 e. The van der Waals surface area contributed by atoms with E-state index in [2.05, 4.69) is 33.0 Å². The molecule has 1 heteroatoms. The zero-order valence-corrected chi connectivity index (χ0v) is 12.8. The molecule has 0 spiro atoms. The Morgan fingerprint density at radius 2 is 1.61 bits per heavy atom. The van der Waals surface area contributed by atoms with E-state index in [-0.39, 0.29) is 0 Å². The minimum atomic E-state index is 0.512. The number of rotatable bonds is 4. The number of nitrogens with one attached hydrogen (secondary N) is 1. The van der Waals surface area contributed by atoms with E-state index in [1.807, 2.05) is 0 Å². The van der Waals surface area contributed by atoms with Gasteiger partial charge in [-0.2, -0.15) is 0 Å². The second-order valence-electron chi connectivity index (χ2n) is 9.02. The first-order chi connectivity index (χ1) is 8.32. The van der Waals surface area contributed by atoms with Crippen LogP contribution in [0.4, 0.5) is 0 Å². The van der Waals surface area contributed by atoms with Crippen LogP contribution in [0.15, 0.2) is 0 Å². The van der Waals surface area contributed by atoms with Crippen molar-refractivity contribution in [3.8, 4) is 0 Å². The second-order valence-corrected chi connectivity index (χ2v) is 9.02. The molecule has 1 nitrogen and oxygen atoms in total. The van der Waals surface area contributed by atoms with Crippen LogP contribution < -0.4 is 5.32 Å². The fourth-order valence-corrected chi connectivity index (χ4v) is 6.27. The summed E-state index contributed by atoms with van der Waals surface area (Å²) in [5.74, 6) is 1.85. The quantitative estimate of drug-likeness (QED) is 0.780. The molecular weight excluding hydrogens is 218 g/mol. The Bertz CT molecular complexity index is 315. The van der Waals surface area contributed by atoms with Crippen LogP contribution in [-0.4, -0.2) is 12.1 Å². The highest BCUT2D eigenvalue weighted by Gasteiger charge is 2.59. The fourth-order valence-electron chi connectivity index (χ4n) is 6.27. The molecule has 0 aliphatic heterocycles. The molecule has 0 aromatic carbocycles. The largest absolute Gasteiger partial charge is 0.311 e. The zero-order valence-electron chi connectivity index (χ0n) is 12.8. The summed E-state index contributed by atoms with van der Waals surface area (Å²) in [6.45, 7) is 11.0. The molecule has 0 heterocycles. The molecule has 1 N–H and O–H groups in total. The third-order valence-electron chi connectivity index (χ3n) is 5.85. The average molecular weight is 249 g/mol. The summed E-state index contributed by atoms with van der Waals surface area (Å²) < 4.78 is 0. The van der Waals surface area contributed by atoms with E-state index in [0.29, 0.717) is 16.4 Å². The van der Waals surface area contributed by atoms with Gasteiger partial charge in [0.15, 0.2) is 0 Å². The highest BCUT2D eigenvalue weighted by Crippen LogP contribution is 2.66. The minimum Gasteiger partial charge on any atom is -0.311 e. The Labute approximate surface area is 113 Å². The topological polar surface area (TPSA) is 12.0 Å². The molecule has 0 radical (unpaired) electrons. The van der Waals surface area contributed by atoms with Crippen LogP contribution in [0.5, 0.6) is 0 Å². The Hall–Kier alpha value is -0.0400. The van der Waals surface area contributed by atoms with Gasteiger partial charge in [-0.3, -0.25) is 0 Å². The van der Waals surface area contributed by atoms with Gasteiger partial charge in [0.2, 0.25) is 0 Å². The SMILES string of the molecule is CC(C)CCNC12CC3CC(C)(CC(C)(C3)C1)C2. The van der Waals surface area contributed by atoms with Gasteiger partial charge >= 0.3 is 0 Å². The van der Waals surface area contributed by atoms with Gasteiger partial charge < -0.3 is 5.32 Å². The molecule has 4 rings (SSSR count). The van der Waals surface area contributed by atoms with Crippen LogP contribution in [-0.2, 0) is 0 Å². The Morgan fingerprint density at radius 3 is 2.11 bits per heavy atom. The molecule has 4 saturated carbocycles. The van der Waals surface area contributed by atoms with E-state index in [9.17, 15) is 0 Å². The standard InChI is InChI=1S/C17H31N/c1-13(2)5-6-18-17-9-14-7-15(3,11-17)10-16(4,8-14)12-17/h13-14,18H,5-12H2,1-4H3. The summed E-state index contributed by atoms with van der Waals surface area (Å²) in [5.41, 5.74) is 1.82. The maximum atomic E-state index is 4.01. The molecule has 4 fully saturated rings. The van der Waals surface area contributed by atoms with E-state index in [1.54, 1.807) is 0 Å². The van der Waals surface area contributed by atoms with Crippen molar-refractivity contribution in [3.63, 3.8) is 0 Å². The van der Waals surface area contributed by atoms with Crippen molar-refractivity contribution in [2.24, 2.45) is 22.7 Å². The predicted octanol–water partition coefficient (Wildman–Crippen LogP) is 4.37. The first-order valence-electron chi connectivity index (χ1n) is 8.07. The number of hydrogen-bond acceptors (Lipinski definition) is 1. The Kier molecular flexibility index (Phi) is 2.86. The summed E-state index contributed by atoms with van der Waals surface area (Å²) in [6, 6.07) is 0. The van der Waals surface area contributed by atoms with Gasteiger partial charge in [-0.15, -0.1) is 0 Å². The van der Waals surface area contributed by atoms with Gasteiger partial charge in [-0.05, 0) is 74.2 Å². The van der Waals surface area contributed by atoms with E-state index >= 15 is 0 Å². The smallest absolute Gasteiger partial charge is 0.0194 e. The molecule has 4 aliphatic rings. The van der Waals surface area contributed by atoms with Crippen molar-refractivity contribution >= 4 is 0 Å². The van der Waals surface area contributed by atoms with E-state index in [0.717, 1.165) is 11.8 Å². The predicted molar refractivity (Wildman–Crippen MR) is 77.6 cm³/mol. The van der Waals surface area contributed by atoms with Gasteiger partial charge in [0.1, 0.15) is 0 Å². The van der Waals surface area contributed by atoms with Gasteiger partial charge in [-0.1, -0.05) is 27.7 Å². The first kappa shape index (κ1) is 13.0. The van der Waals surface area contributed by atoms with Crippen molar-refractivity contribution in [2.75, 3.05) is 6.54 Å². The van der Waals surface area contributed by atoms with Crippen LogP contribution in [0.2, 0.25) is 0 Å². The van der Waals surface area contributed by atoms with Gasteiger partial charge in [0, 0.05) is 5.54 Å². The summed E-state index contributed by atoms with van der Waals surface area (Å²) in [6.07, 6.45) is 10.2. The van der Waals surface area contributed by atoms with E-state index in [4.69, 9.17) is 0 Å². The maximum absolute atomic E-state index is 4.01. The molecule has 4 bridgehead atoms. The van der Waals surface area contributed by atoms with Crippen LogP contribution >= 0.6 is 0 Å². The zero-order chi connectivity index (χ0) is 13.0. The van der Waals surface area contributed by atoms with Crippen molar-refractivity contribution in [1.82, 2.24) is 5.32 Å². The summed E-state index contributed by atoms with van der Waals surface area (Å²) in [5, 5.41) is 4.01. The molecule has 18 heavy (non-hydrogen) atoms. The monoisotopic (exact) mass is 249 g/mol. The summed E-state index contributed by atoms with van der Waals surface area (Å²) >= 11 is 0. The third kappa shape index (κ3) is 2.24. The molecule has 0 aromatic rings. The van der Waals surface area contributed by atoms with Crippen LogP contribution in [0, 0.1) is 22.7 Å². The molecule has 2 unspecified atom stereocenters. The molecule has 0 aromatic heterocycles. The van der Waals surface area contributed by atoms with Crippen molar-refractivity contribution in [1.29, 1.82) is 0 Å². The highest BCUT2D eigenvalue weighted by molar-refractivity contribution is 5.14. The first-order valence-corrected chi connectivity index (χ1v) is 8.07. The Morgan fingerprint density at radius 1 is 1.00 bits per heavy atom. The third-order valence-corrected chi connectivity index (χ3v) is 5.85. The van der Waals surface area contributed by atoms with Gasteiger partial charge in [0.05, 0.1) is 0 Å². The molecular formula is C17H31N. The van der Waals surface area contributed by atoms with Gasteiger partial charge in [-0.25, -0.2) is 0 Å². The van der Waals surface area contributed by atoms with Crippen LogP contribution in [0.25, 0.3) is 0 Å². The lowest BCUT2D eigenvalue weighted by Gasteiger charge is -2.65. The molecule has 0 amide bonds. The highest BCUT2D eigenvalue weighted by atomic mass is 15.0. The van der Waals surface area contributed by atoms with E-state index < -0.39 is 0 Å². The minimum absolute atomic E-state index is 0.512. The van der Waals surface area contributed by atoms with E-state index in [1.165, 1.54) is 51.5 Å². The van der Waals surface area contributed by atoms with Crippen molar-refractivity contribution in [3.05, 3.63) is 0 Å². The summed E-state index contributed by atoms with van der Waals surface area (Å²) in [4.78, 5) is 0. The van der Waals surface area contributed by atoms with Gasteiger partial charge in [0.25, 0.3) is 0 Å². The summed E-state index contributed by atoms with van der Waals surface area (Å²) in [7, 11) is 0. The molecule has 2 atom stereocenters. The Balaban J connectivity index is 1.72. The molecule has 0 saturated heterocycles. The lowest BCUT2D eigenvalue weighted by Crippen LogP contribution is -2.64.